The number of hydrogen-bond acceptors (Lipinski definition) is 5. The summed E-state index contributed by atoms with van der Waals surface area (Å²) in [7, 11) is 5.21. The Morgan fingerprint density at radius 3 is 2.43 bits per heavy atom. The number of fused-ring (bicyclic) bond motifs is 2. The number of nitrogens with zero attached hydrogens (tertiary/aromatic N) is 1. The molecule has 1 N–H and O–H groups in total. The molecular weight excluding hydrogens is 423 g/mol. The van der Waals surface area contributed by atoms with E-state index in [9.17, 15) is 4.79 Å². The smallest absolute Gasteiger partial charge is 0.338 e. The molecule has 2 aromatic carbocycles. The highest BCUT2D eigenvalue weighted by molar-refractivity contribution is 6.42. The summed E-state index contributed by atoms with van der Waals surface area (Å²) in [5, 5.41) is 9.70. The molecule has 0 fully saturated rings. The van der Waals surface area contributed by atoms with Crippen molar-refractivity contribution in [2.24, 2.45) is 0 Å². The minimum absolute atomic E-state index is 0.262. The zero-order valence-corrected chi connectivity index (χ0v) is 18.1. The van der Waals surface area contributed by atoms with E-state index in [-0.39, 0.29) is 5.02 Å². The Balaban J connectivity index is 2.18. The highest BCUT2D eigenvalue weighted by Crippen LogP contribution is 2.43. The molecule has 1 aliphatic heterocycles. The fraction of sp³-hybridized carbons (Fsp3) is 0.130. The van der Waals surface area contributed by atoms with Gasteiger partial charge in [0.2, 0.25) is 0 Å². The summed E-state index contributed by atoms with van der Waals surface area (Å²) in [5.41, 5.74) is 3.97. The van der Waals surface area contributed by atoms with Crippen molar-refractivity contribution in [2.75, 3.05) is 26.1 Å². The van der Waals surface area contributed by atoms with E-state index in [0.717, 1.165) is 22.2 Å². The molecule has 30 heavy (non-hydrogen) atoms. The number of carbonyl (C=O) groups excluding carboxylic acids is 1. The Labute approximate surface area is 183 Å². The van der Waals surface area contributed by atoms with Crippen molar-refractivity contribution in [3.05, 3.63) is 69.5 Å². The van der Waals surface area contributed by atoms with Gasteiger partial charge in [-0.05, 0) is 42.0 Å². The molecule has 0 saturated heterocycles. The molecule has 0 atom stereocenters. The van der Waals surface area contributed by atoms with Crippen LogP contribution in [-0.2, 0) is 4.74 Å². The molecule has 5 nitrogen and oxygen atoms in total. The molecular formula is C23H18Cl2N2O3. The molecule has 0 aromatic heterocycles. The summed E-state index contributed by atoms with van der Waals surface area (Å²) in [5.74, 6) is 0.00970. The standard InChI is InChI=1S/C23H18Cl2N2O3/c1-27(2)13-5-7-15-21(9-13)30-20-8-12(26)4-6-14(20)22(15)16-10-18(24)19(25)11-17(16)23(28)29-3/h4-11,26H,1-3H3. The van der Waals surface area contributed by atoms with Crippen molar-refractivity contribution in [1.29, 1.82) is 5.41 Å². The number of carbonyl (C=O) groups is 1. The summed E-state index contributed by atoms with van der Waals surface area (Å²) < 4.78 is 11.1. The maximum absolute atomic E-state index is 12.6. The number of halogens is 2. The molecule has 0 amide bonds. The topological polar surface area (TPSA) is 66.5 Å². The Morgan fingerprint density at radius 2 is 1.73 bits per heavy atom. The zero-order valence-electron chi connectivity index (χ0n) is 16.5. The van der Waals surface area contributed by atoms with Crippen molar-refractivity contribution in [3.63, 3.8) is 0 Å². The van der Waals surface area contributed by atoms with Crippen LogP contribution < -0.4 is 10.3 Å². The molecule has 0 spiro atoms. The van der Waals surface area contributed by atoms with E-state index in [2.05, 4.69) is 0 Å². The highest BCUT2D eigenvalue weighted by atomic mass is 35.5. The van der Waals surface area contributed by atoms with Crippen LogP contribution in [0.3, 0.4) is 0 Å². The van der Waals surface area contributed by atoms with Crippen LogP contribution in [0.25, 0.3) is 33.4 Å². The van der Waals surface area contributed by atoms with Gasteiger partial charge in [-0.25, -0.2) is 4.79 Å². The Kier molecular flexibility index (Phi) is 5.18. The normalized spacial score (nSPS) is 11.1. The van der Waals surface area contributed by atoms with Gasteiger partial charge in [0.15, 0.2) is 0 Å². The Morgan fingerprint density at radius 1 is 1.00 bits per heavy atom. The summed E-state index contributed by atoms with van der Waals surface area (Å²) in [6, 6.07) is 14.2. The fourth-order valence-electron chi connectivity index (χ4n) is 3.48. The van der Waals surface area contributed by atoms with Gasteiger partial charge in [-0.1, -0.05) is 23.2 Å². The minimum atomic E-state index is -0.521. The van der Waals surface area contributed by atoms with E-state index < -0.39 is 5.97 Å². The summed E-state index contributed by atoms with van der Waals surface area (Å²) in [6.07, 6.45) is 0. The number of nitrogens with one attached hydrogen (secondary N) is 1. The maximum Gasteiger partial charge on any atom is 0.338 e. The van der Waals surface area contributed by atoms with Gasteiger partial charge in [-0.15, -0.1) is 0 Å². The molecule has 2 aliphatic rings. The van der Waals surface area contributed by atoms with Crippen LogP contribution in [0.2, 0.25) is 10.0 Å². The molecule has 1 aliphatic carbocycles. The van der Waals surface area contributed by atoms with Gasteiger partial charge in [0, 0.05) is 48.4 Å². The lowest BCUT2D eigenvalue weighted by atomic mass is 9.90. The van der Waals surface area contributed by atoms with Crippen LogP contribution >= 0.6 is 23.2 Å². The fourth-order valence-corrected chi connectivity index (χ4v) is 3.81. The SMILES string of the molecule is COC(=O)c1cc(Cl)c(Cl)cc1-c1c2ccc(=N)cc-2oc2cc(N(C)C)ccc12. The first-order chi connectivity index (χ1) is 14.3. The van der Waals surface area contributed by atoms with E-state index in [4.69, 9.17) is 37.8 Å². The number of benzene rings is 3. The van der Waals surface area contributed by atoms with Crippen molar-refractivity contribution < 1.29 is 13.9 Å². The van der Waals surface area contributed by atoms with Crippen molar-refractivity contribution in [3.8, 4) is 22.5 Å². The maximum atomic E-state index is 12.6. The third-order valence-corrected chi connectivity index (χ3v) is 5.68. The predicted molar refractivity (Wildman–Crippen MR) is 120 cm³/mol. The van der Waals surface area contributed by atoms with Crippen LogP contribution in [0, 0.1) is 5.41 Å². The first-order valence-corrected chi connectivity index (χ1v) is 9.86. The molecule has 0 radical (unpaired) electrons. The zero-order chi connectivity index (χ0) is 21.6. The van der Waals surface area contributed by atoms with Gasteiger partial charge in [-0.2, -0.15) is 0 Å². The number of rotatable bonds is 3. The molecule has 0 saturated carbocycles. The first-order valence-electron chi connectivity index (χ1n) is 9.10. The molecule has 0 bridgehead atoms. The molecule has 7 heteroatoms. The molecule has 1 heterocycles. The number of hydrogen-bond donors (Lipinski definition) is 1. The average molecular weight is 441 g/mol. The first kappa shape index (κ1) is 20.3. The van der Waals surface area contributed by atoms with E-state index in [1.54, 1.807) is 24.3 Å². The summed E-state index contributed by atoms with van der Waals surface area (Å²) in [6.45, 7) is 0. The predicted octanol–water partition coefficient (Wildman–Crippen LogP) is 5.84. The second-order valence-electron chi connectivity index (χ2n) is 7.07. The second-order valence-corrected chi connectivity index (χ2v) is 7.88. The lowest BCUT2D eigenvalue weighted by Crippen LogP contribution is -2.09. The monoisotopic (exact) mass is 440 g/mol. The van der Waals surface area contributed by atoms with Gasteiger partial charge in [0.1, 0.15) is 11.3 Å². The molecule has 0 unspecified atom stereocenters. The van der Waals surface area contributed by atoms with Gasteiger partial charge < -0.3 is 19.5 Å². The van der Waals surface area contributed by atoms with Gasteiger partial charge in [0.25, 0.3) is 0 Å². The van der Waals surface area contributed by atoms with Gasteiger partial charge >= 0.3 is 5.97 Å². The quantitative estimate of drug-likeness (QED) is 0.320. The number of anilines is 1. The van der Waals surface area contributed by atoms with Crippen LogP contribution in [0.4, 0.5) is 5.69 Å². The number of esters is 1. The van der Waals surface area contributed by atoms with Crippen molar-refractivity contribution >= 4 is 45.8 Å². The lowest BCUT2D eigenvalue weighted by Gasteiger charge is -2.19. The van der Waals surface area contributed by atoms with Gasteiger partial charge in [0.05, 0.1) is 28.1 Å². The van der Waals surface area contributed by atoms with Crippen LogP contribution in [0.1, 0.15) is 10.4 Å². The number of methoxy groups -OCH3 is 1. The Hall–Kier alpha value is -3.02. The van der Waals surface area contributed by atoms with Crippen LogP contribution in [0.15, 0.2) is 52.9 Å². The van der Waals surface area contributed by atoms with Gasteiger partial charge in [-0.3, -0.25) is 0 Å². The lowest BCUT2D eigenvalue weighted by molar-refractivity contribution is 0.0601. The van der Waals surface area contributed by atoms with Crippen LogP contribution in [0.5, 0.6) is 0 Å². The van der Waals surface area contributed by atoms with E-state index in [1.165, 1.54) is 13.2 Å². The van der Waals surface area contributed by atoms with E-state index >= 15 is 0 Å². The number of ether oxygens (including phenoxy) is 1. The van der Waals surface area contributed by atoms with Crippen molar-refractivity contribution in [1.82, 2.24) is 0 Å². The van der Waals surface area contributed by atoms with Crippen LogP contribution in [-0.4, -0.2) is 27.2 Å². The minimum Gasteiger partial charge on any atom is -0.465 e. The molecule has 4 rings (SSSR count). The highest BCUT2D eigenvalue weighted by Gasteiger charge is 2.23. The third-order valence-electron chi connectivity index (χ3n) is 4.96. The van der Waals surface area contributed by atoms with E-state index in [1.807, 2.05) is 37.2 Å². The largest absolute Gasteiger partial charge is 0.465 e. The summed E-state index contributed by atoms with van der Waals surface area (Å²) in [4.78, 5) is 14.5. The van der Waals surface area contributed by atoms with Crippen molar-refractivity contribution in [2.45, 2.75) is 0 Å². The summed E-state index contributed by atoms with van der Waals surface area (Å²) >= 11 is 12.5. The third kappa shape index (κ3) is 3.40. The Bertz CT molecular complexity index is 1330. The molecule has 2 aromatic rings. The average Bonchev–Trinajstić information content (AvgIpc) is 2.72. The van der Waals surface area contributed by atoms with E-state index in [0.29, 0.717) is 32.9 Å². The molecule has 152 valence electrons. The second kappa shape index (κ2) is 7.67.